The minimum absolute atomic E-state index is 0.0888. The van der Waals surface area contributed by atoms with Gasteiger partial charge in [0.25, 0.3) is 0 Å². The minimum atomic E-state index is -3.49. The molecule has 0 spiro atoms. The number of anilines is 5. The second kappa shape index (κ2) is 9.55. The number of methoxy groups -OCH3 is 1. The Kier molecular flexibility index (Phi) is 6.29. The van der Waals surface area contributed by atoms with Crippen LogP contribution in [0.3, 0.4) is 0 Å². The van der Waals surface area contributed by atoms with Gasteiger partial charge < -0.3 is 30.0 Å². The number of morpholine rings is 1. The number of nitrogens with one attached hydrogen (secondary N) is 2. The van der Waals surface area contributed by atoms with Gasteiger partial charge in [0.1, 0.15) is 11.3 Å². The number of para-hydroxylation sites is 2. The average Bonchev–Trinajstić information content (AvgIpc) is 3.28. The Morgan fingerprint density at radius 2 is 1.81 bits per heavy atom. The summed E-state index contributed by atoms with van der Waals surface area (Å²) >= 11 is 0. The van der Waals surface area contributed by atoms with Gasteiger partial charge in [-0.1, -0.05) is 12.1 Å². The number of fused-ring (bicyclic) bond motifs is 1. The predicted octanol–water partition coefficient (Wildman–Crippen LogP) is 2.96. The summed E-state index contributed by atoms with van der Waals surface area (Å²) in [5, 5.41) is 3.23. The van der Waals surface area contributed by atoms with Crippen LogP contribution >= 0.6 is 0 Å². The topological polar surface area (TPSA) is 137 Å². The van der Waals surface area contributed by atoms with Crippen LogP contribution in [0.2, 0.25) is 0 Å². The van der Waals surface area contributed by atoms with Gasteiger partial charge in [-0.05, 0) is 30.3 Å². The Balaban J connectivity index is 1.59. The Labute approximate surface area is 208 Å². The van der Waals surface area contributed by atoms with Crippen LogP contribution in [0.4, 0.5) is 28.8 Å². The number of nitrogens with zero attached hydrogens (tertiary/aromatic N) is 4. The molecule has 36 heavy (non-hydrogen) atoms. The van der Waals surface area contributed by atoms with Gasteiger partial charge >= 0.3 is 0 Å². The van der Waals surface area contributed by atoms with E-state index in [2.05, 4.69) is 24.9 Å². The predicted molar refractivity (Wildman–Crippen MR) is 141 cm³/mol. The molecule has 1 saturated heterocycles. The fourth-order valence-electron chi connectivity index (χ4n) is 4.24. The van der Waals surface area contributed by atoms with Crippen LogP contribution in [0.15, 0.2) is 54.7 Å². The molecule has 1 aliphatic rings. The van der Waals surface area contributed by atoms with Crippen molar-refractivity contribution in [1.82, 2.24) is 14.5 Å². The average molecular weight is 510 g/mol. The van der Waals surface area contributed by atoms with Crippen molar-refractivity contribution in [3.63, 3.8) is 0 Å². The lowest BCUT2D eigenvalue weighted by Gasteiger charge is -2.29. The van der Waals surface area contributed by atoms with Crippen LogP contribution in [-0.4, -0.2) is 62.6 Å². The largest absolute Gasteiger partial charge is 0.494 e. The molecule has 1 aliphatic heterocycles. The van der Waals surface area contributed by atoms with E-state index in [0.29, 0.717) is 47.2 Å². The lowest BCUT2D eigenvalue weighted by molar-refractivity contribution is 0.122. The molecular formula is C24H27N7O4S. The zero-order chi connectivity index (χ0) is 25.3. The van der Waals surface area contributed by atoms with E-state index in [0.717, 1.165) is 30.7 Å². The molecule has 0 unspecified atom stereocenters. The first-order valence-corrected chi connectivity index (χ1v) is 13.2. The molecule has 2 aromatic carbocycles. The molecule has 0 amide bonds. The molecule has 5 rings (SSSR count). The number of sulfonamides is 1. The molecule has 0 saturated carbocycles. The molecule has 11 nitrogen and oxygen atoms in total. The Morgan fingerprint density at radius 3 is 2.53 bits per heavy atom. The highest BCUT2D eigenvalue weighted by Crippen LogP contribution is 2.35. The van der Waals surface area contributed by atoms with Crippen molar-refractivity contribution < 1.29 is 17.9 Å². The highest BCUT2D eigenvalue weighted by atomic mass is 32.2. The van der Waals surface area contributed by atoms with E-state index in [1.807, 2.05) is 35.0 Å². The SMILES string of the molecule is COc1cc(N2CCOCC2)ccc1-n1ccc2nc(N)nc(Nc3ccccc3NS(C)(=O)=O)c21. The molecular weight excluding hydrogens is 482 g/mol. The highest BCUT2D eigenvalue weighted by molar-refractivity contribution is 7.92. The van der Waals surface area contributed by atoms with Gasteiger partial charge in [0, 0.05) is 31.0 Å². The molecule has 0 bridgehead atoms. The van der Waals surface area contributed by atoms with Crippen molar-refractivity contribution in [1.29, 1.82) is 0 Å². The molecule has 0 aliphatic carbocycles. The van der Waals surface area contributed by atoms with E-state index < -0.39 is 10.0 Å². The molecule has 3 heterocycles. The molecule has 0 radical (unpaired) electrons. The number of nitrogen functional groups attached to an aromatic ring is 1. The maximum Gasteiger partial charge on any atom is 0.229 e. The quantitative estimate of drug-likeness (QED) is 0.343. The van der Waals surface area contributed by atoms with Crippen molar-refractivity contribution >= 4 is 49.9 Å². The van der Waals surface area contributed by atoms with Crippen molar-refractivity contribution in [2.45, 2.75) is 0 Å². The summed E-state index contributed by atoms with van der Waals surface area (Å²) in [4.78, 5) is 11.1. The zero-order valence-electron chi connectivity index (χ0n) is 19.9. The number of nitrogens with two attached hydrogens (primary N) is 1. The molecule has 12 heteroatoms. The summed E-state index contributed by atoms with van der Waals surface area (Å²) in [5.74, 6) is 1.19. The zero-order valence-corrected chi connectivity index (χ0v) is 20.7. The fourth-order valence-corrected chi connectivity index (χ4v) is 4.82. The van der Waals surface area contributed by atoms with Gasteiger partial charge in [-0.2, -0.15) is 4.98 Å². The van der Waals surface area contributed by atoms with Gasteiger partial charge in [-0.25, -0.2) is 13.4 Å². The Hall–Kier alpha value is -4.03. The van der Waals surface area contributed by atoms with E-state index in [-0.39, 0.29) is 5.95 Å². The summed E-state index contributed by atoms with van der Waals surface area (Å²) in [5.41, 5.74) is 10.0. The van der Waals surface area contributed by atoms with Crippen molar-refractivity contribution in [3.05, 3.63) is 54.7 Å². The Morgan fingerprint density at radius 1 is 1.06 bits per heavy atom. The summed E-state index contributed by atoms with van der Waals surface area (Å²) in [6, 6.07) is 14.8. The third-order valence-corrected chi connectivity index (χ3v) is 6.42. The van der Waals surface area contributed by atoms with Crippen molar-refractivity contribution in [2.75, 3.05) is 60.3 Å². The van der Waals surface area contributed by atoms with Crippen LogP contribution in [0.1, 0.15) is 0 Å². The third kappa shape index (κ3) is 4.86. The second-order valence-electron chi connectivity index (χ2n) is 8.35. The number of benzene rings is 2. The normalized spacial score (nSPS) is 14.1. The summed E-state index contributed by atoms with van der Waals surface area (Å²) < 4.78 is 39.4. The van der Waals surface area contributed by atoms with Crippen LogP contribution in [0.5, 0.6) is 5.75 Å². The monoisotopic (exact) mass is 509 g/mol. The van der Waals surface area contributed by atoms with E-state index in [1.165, 1.54) is 0 Å². The molecule has 1 fully saturated rings. The second-order valence-corrected chi connectivity index (χ2v) is 10.1. The summed E-state index contributed by atoms with van der Waals surface area (Å²) in [6.45, 7) is 3.01. The Bertz CT molecular complexity index is 1510. The van der Waals surface area contributed by atoms with Crippen LogP contribution in [-0.2, 0) is 14.8 Å². The van der Waals surface area contributed by atoms with Crippen LogP contribution in [0, 0.1) is 0 Å². The van der Waals surface area contributed by atoms with Gasteiger partial charge in [0.05, 0.1) is 49.2 Å². The molecule has 4 aromatic rings. The number of aromatic nitrogens is 3. The van der Waals surface area contributed by atoms with Crippen molar-refractivity contribution in [3.8, 4) is 11.4 Å². The number of ether oxygens (including phenoxy) is 2. The lowest BCUT2D eigenvalue weighted by atomic mass is 10.2. The van der Waals surface area contributed by atoms with Gasteiger partial charge in [0.15, 0.2) is 5.82 Å². The minimum Gasteiger partial charge on any atom is -0.494 e. The standard InChI is InChI=1S/C24H27N7O4S/c1-34-21-15-16(30-11-13-35-14-12-30)7-8-20(21)31-10-9-19-22(31)23(28-24(25)27-19)26-17-5-3-4-6-18(17)29-36(2,32)33/h3-10,15,29H,11-14H2,1-2H3,(H3,25,26,27,28). The molecule has 0 atom stereocenters. The third-order valence-electron chi connectivity index (χ3n) is 5.83. The first kappa shape index (κ1) is 23.7. The van der Waals surface area contributed by atoms with Crippen LogP contribution in [0.25, 0.3) is 16.7 Å². The summed E-state index contributed by atoms with van der Waals surface area (Å²) in [7, 11) is -1.85. The van der Waals surface area contributed by atoms with Crippen LogP contribution < -0.4 is 25.4 Å². The molecule has 188 valence electrons. The lowest BCUT2D eigenvalue weighted by Crippen LogP contribution is -2.36. The van der Waals surface area contributed by atoms with Gasteiger partial charge in [0.2, 0.25) is 16.0 Å². The van der Waals surface area contributed by atoms with Crippen molar-refractivity contribution in [2.24, 2.45) is 0 Å². The maximum atomic E-state index is 11.9. The van der Waals surface area contributed by atoms with E-state index >= 15 is 0 Å². The number of hydrogen-bond donors (Lipinski definition) is 3. The van der Waals surface area contributed by atoms with E-state index in [4.69, 9.17) is 15.2 Å². The number of hydrogen-bond acceptors (Lipinski definition) is 9. The van der Waals surface area contributed by atoms with E-state index in [1.54, 1.807) is 31.4 Å². The smallest absolute Gasteiger partial charge is 0.229 e. The molecule has 4 N–H and O–H groups in total. The summed E-state index contributed by atoms with van der Waals surface area (Å²) in [6.07, 6.45) is 2.97. The highest BCUT2D eigenvalue weighted by Gasteiger charge is 2.19. The van der Waals surface area contributed by atoms with E-state index in [9.17, 15) is 8.42 Å². The van der Waals surface area contributed by atoms with Gasteiger partial charge in [-0.15, -0.1) is 0 Å². The first-order valence-electron chi connectivity index (χ1n) is 11.3. The molecule has 2 aromatic heterocycles. The van der Waals surface area contributed by atoms with Gasteiger partial charge in [-0.3, -0.25) is 4.72 Å². The first-order chi connectivity index (χ1) is 17.3. The fraction of sp³-hybridized carbons (Fsp3) is 0.250. The maximum absolute atomic E-state index is 11.9. The number of rotatable bonds is 7.